The Bertz CT molecular complexity index is 967. The molecule has 0 aliphatic heterocycles. The van der Waals surface area contributed by atoms with Crippen molar-refractivity contribution in [1.29, 1.82) is 0 Å². The van der Waals surface area contributed by atoms with Gasteiger partial charge in [-0.15, -0.1) is 11.3 Å². The molecule has 144 valence electrons. The molecule has 0 aliphatic rings. The van der Waals surface area contributed by atoms with Crippen molar-refractivity contribution in [3.05, 3.63) is 70.2 Å². The van der Waals surface area contributed by atoms with Crippen molar-refractivity contribution in [3.8, 4) is 5.75 Å². The van der Waals surface area contributed by atoms with E-state index in [1.165, 1.54) is 18.3 Å². The van der Waals surface area contributed by atoms with E-state index in [2.05, 4.69) is 15.6 Å². The molecular weight excluding hydrogens is 374 g/mol. The Labute approximate surface area is 167 Å². The predicted molar refractivity (Wildman–Crippen MR) is 111 cm³/mol. The summed E-state index contributed by atoms with van der Waals surface area (Å²) in [6.07, 6.45) is 0.209. The summed E-state index contributed by atoms with van der Waals surface area (Å²) in [4.78, 5) is 27.9. The SMILES string of the molecule is CC(=O)Nc1ccccc1OCc1csc(CC(=O)Nc2ccc(C)cc2)n1. The zero-order chi connectivity index (χ0) is 19.9. The van der Waals surface area contributed by atoms with E-state index in [1.54, 1.807) is 12.1 Å². The zero-order valence-electron chi connectivity index (χ0n) is 15.7. The molecule has 0 fully saturated rings. The summed E-state index contributed by atoms with van der Waals surface area (Å²) in [5, 5.41) is 8.19. The number of aromatic nitrogens is 1. The van der Waals surface area contributed by atoms with E-state index < -0.39 is 0 Å². The summed E-state index contributed by atoms with van der Waals surface area (Å²) in [6, 6.07) is 14.9. The maximum absolute atomic E-state index is 12.2. The number of para-hydroxylation sites is 2. The van der Waals surface area contributed by atoms with E-state index in [4.69, 9.17) is 4.74 Å². The molecule has 0 spiro atoms. The lowest BCUT2D eigenvalue weighted by Crippen LogP contribution is -2.14. The third kappa shape index (κ3) is 5.65. The lowest BCUT2D eigenvalue weighted by atomic mass is 10.2. The van der Waals surface area contributed by atoms with Crippen molar-refractivity contribution in [2.45, 2.75) is 26.9 Å². The van der Waals surface area contributed by atoms with Crippen molar-refractivity contribution in [1.82, 2.24) is 4.98 Å². The smallest absolute Gasteiger partial charge is 0.231 e. The normalized spacial score (nSPS) is 10.4. The number of carbonyl (C=O) groups excluding carboxylic acids is 2. The molecule has 3 aromatic rings. The molecule has 2 N–H and O–H groups in total. The largest absolute Gasteiger partial charge is 0.485 e. The van der Waals surface area contributed by atoms with Gasteiger partial charge in [-0.3, -0.25) is 9.59 Å². The fourth-order valence-corrected chi connectivity index (χ4v) is 3.29. The van der Waals surface area contributed by atoms with Crippen LogP contribution in [0.4, 0.5) is 11.4 Å². The van der Waals surface area contributed by atoms with E-state index in [0.717, 1.165) is 22.0 Å². The van der Waals surface area contributed by atoms with Gasteiger partial charge >= 0.3 is 0 Å². The second-order valence-electron chi connectivity index (χ2n) is 6.29. The summed E-state index contributed by atoms with van der Waals surface area (Å²) >= 11 is 1.42. The van der Waals surface area contributed by atoms with Gasteiger partial charge in [-0.1, -0.05) is 29.8 Å². The Balaban J connectivity index is 1.55. The van der Waals surface area contributed by atoms with Crippen LogP contribution in [0.5, 0.6) is 5.75 Å². The molecule has 0 aliphatic carbocycles. The number of hydrogen-bond donors (Lipinski definition) is 2. The summed E-state index contributed by atoms with van der Waals surface area (Å²) < 4.78 is 5.78. The van der Waals surface area contributed by atoms with Crippen LogP contribution in [-0.2, 0) is 22.6 Å². The van der Waals surface area contributed by atoms with Crippen LogP contribution >= 0.6 is 11.3 Å². The van der Waals surface area contributed by atoms with Gasteiger partial charge in [-0.25, -0.2) is 4.98 Å². The first kappa shape index (κ1) is 19.6. The molecule has 0 bridgehead atoms. The number of amides is 2. The van der Waals surface area contributed by atoms with Gasteiger partial charge in [0.25, 0.3) is 0 Å². The lowest BCUT2D eigenvalue weighted by Gasteiger charge is -2.10. The highest BCUT2D eigenvalue weighted by molar-refractivity contribution is 7.09. The first-order valence-corrected chi connectivity index (χ1v) is 9.67. The summed E-state index contributed by atoms with van der Waals surface area (Å²) in [5.74, 6) is 0.303. The minimum absolute atomic E-state index is 0.110. The van der Waals surface area contributed by atoms with Crippen LogP contribution in [0.1, 0.15) is 23.2 Å². The monoisotopic (exact) mass is 395 g/mol. The summed E-state index contributed by atoms with van der Waals surface area (Å²) in [6.45, 7) is 3.71. The topological polar surface area (TPSA) is 80.3 Å². The van der Waals surface area contributed by atoms with Crippen LogP contribution in [0.3, 0.4) is 0 Å². The van der Waals surface area contributed by atoms with E-state index in [1.807, 2.05) is 48.7 Å². The average Bonchev–Trinajstić information content (AvgIpc) is 3.09. The number of benzene rings is 2. The fourth-order valence-electron chi connectivity index (χ4n) is 2.51. The maximum atomic E-state index is 12.2. The van der Waals surface area contributed by atoms with E-state index in [9.17, 15) is 9.59 Å². The zero-order valence-corrected chi connectivity index (χ0v) is 16.5. The minimum Gasteiger partial charge on any atom is -0.485 e. The van der Waals surface area contributed by atoms with Gasteiger partial charge in [0.05, 0.1) is 17.8 Å². The number of nitrogens with zero attached hydrogens (tertiary/aromatic N) is 1. The fraction of sp³-hybridized carbons (Fsp3) is 0.190. The van der Waals surface area contributed by atoms with Crippen LogP contribution in [0.15, 0.2) is 53.9 Å². The van der Waals surface area contributed by atoms with Crippen molar-refractivity contribution in [3.63, 3.8) is 0 Å². The molecule has 6 nitrogen and oxygen atoms in total. The van der Waals surface area contributed by atoms with Gasteiger partial charge in [0.2, 0.25) is 11.8 Å². The number of aryl methyl sites for hydroxylation is 1. The van der Waals surface area contributed by atoms with Gasteiger partial charge in [-0.2, -0.15) is 0 Å². The third-order valence-electron chi connectivity index (χ3n) is 3.82. The van der Waals surface area contributed by atoms with E-state index >= 15 is 0 Å². The molecule has 0 unspecified atom stereocenters. The number of rotatable bonds is 7. The standard InChI is InChI=1S/C21H21N3O3S/c1-14-7-9-16(10-8-14)23-20(26)11-21-24-17(13-28-21)12-27-19-6-4-3-5-18(19)22-15(2)25/h3-10,13H,11-12H2,1-2H3,(H,22,25)(H,23,26). The first-order chi connectivity index (χ1) is 13.5. The lowest BCUT2D eigenvalue weighted by molar-refractivity contribution is -0.116. The van der Waals surface area contributed by atoms with Crippen LogP contribution in [0, 0.1) is 6.92 Å². The molecule has 7 heteroatoms. The molecule has 2 amide bonds. The van der Waals surface area contributed by atoms with Crippen molar-refractivity contribution < 1.29 is 14.3 Å². The molecule has 3 rings (SSSR count). The molecule has 0 saturated heterocycles. The average molecular weight is 395 g/mol. The number of carbonyl (C=O) groups is 2. The van der Waals surface area contributed by atoms with Crippen molar-refractivity contribution >= 4 is 34.5 Å². The molecule has 1 aromatic heterocycles. The quantitative estimate of drug-likeness (QED) is 0.629. The van der Waals surface area contributed by atoms with E-state index in [0.29, 0.717) is 11.4 Å². The van der Waals surface area contributed by atoms with Crippen LogP contribution in [0.2, 0.25) is 0 Å². The highest BCUT2D eigenvalue weighted by Crippen LogP contribution is 2.25. The first-order valence-electron chi connectivity index (χ1n) is 8.79. The molecular formula is C21H21N3O3S. The summed E-state index contributed by atoms with van der Waals surface area (Å²) in [7, 11) is 0. The number of thiazole rings is 1. The Morgan fingerprint density at radius 3 is 2.57 bits per heavy atom. The van der Waals surface area contributed by atoms with Crippen molar-refractivity contribution in [2.24, 2.45) is 0 Å². The predicted octanol–water partition coefficient (Wildman–Crippen LogP) is 4.17. The molecule has 0 atom stereocenters. The molecule has 2 aromatic carbocycles. The molecule has 0 saturated carbocycles. The summed E-state index contributed by atoms with van der Waals surface area (Å²) in [5.41, 5.74) is 3.26. The highest BCUT2D eigenvalue weighted by atomic mass is 32.1. The van der Waals surface area contributed by atoms with Gasteiger partial charge in [0, 0.05) is 18.0 Å². The minimum atomic E-state index is -0.161. The number of anilines is 2. The highest BCUT2D eigenvalue weighted by Gasteiger charge is 2.10. The third-order valence-corrected chi connectivity index (χ3v) is 4.72. The van der Waals surface area contributed by atoms with Gasteiger partial charge in [0.1, 0.15) is 17.4 Å². The second-order valence-corrected chi connectivity index (χ2v) is 7.23. The van der Waals surface area contributed by atoms with Gasteiger partial charge < -0.3 is 15.4 Å². The maximum Gasteiger partial charge on any atom is 0.231 e. The number of ether oxygens (including phenoxy) is 1. The number of hydrogen-bond acceptors (Lipinski definition) is 5. The van der Waals surface area contributed by atoms with E-state index in [-0.39, 0.29) is 24.8 Å². The molecule has 0 radical (unpaired) electrons. The second kappa shape index (κ2) is 9.14. The van der Waals surface area contributed by atoms with Gasteiger partial charge in [-0.05, 0) is 31.2 Å². The Hall–Kier alpha value is -3.19. The molecule has 1 heterocycles. The number of nitrogens with one attached hydrogen (secondary N) is 2. The van der Waals surface area contributed by atoms with Crippen LogP contribution < -0.4 is 15.4 Å². The van der Waals surface area contributed by atoms with Crippen LogP contribution in [-0.4, -0.2) is 16.8 Å². The Kier molecular flexibility index (Phi) is 6.39. The Morgan fingerprint density at radius 2 is 1.82 bits per heavy atom. The van der Waals surface area contributed by atoms with Crippen molar-refractivity contribution in [2.75, 3.05) is 10.6 Å². The molecule has 28 heavy (non-hydrogen) atoms. The Morgan fingerprint density at radius 1 is 1.07 bits per heavy atom. The van der Waals surface area contributed by atoms with Crippen LogP contribution in [0.25, 0.3) is 0 Å². The van der Waals surface area contributed by atoms with Gasteiger partial charge in [0.15, 0.2) is 0 Å².